The monoisotopic (exact) mass is 173 g/mol. The van der Waals surface area contributed by atoms with Crippen LogP contribution in [0.4, 0.5) is 0 Å². The first-order valence-corrected chi connectivity index (χ1v) is 4.03. The van der Waals surface area contributed by atoms with Gasteiger partial charge in [-0.2, -0.15) is 0 Å². The van der Waals surface area contributed by atoms with Gasteiger partial charge in [0.2, 0.25) is 5.28 Å². The zero-order valence-corrected chi connectivity index (χ0v) is 7.76. The molecule has 4 heteroatoms. The molecule has 0 aromatic carbocycles. The maximum absolute atomic E-state index is 5.61. The molecule has 0 saturated heterocycles. The van der Waals surface area contributed by atoms with E-state index >= 15 is 0 Å². The van der Waals surface area contributed by atoms with Crippen molar-refractivity contribution >= 4 is 11.6 Å². The van der Waals surface area contributed by atoms with Crippen molar-refractivity contribution in [3.63, 3.8) is 0 Å². The Balaban J connectivity index is 2.77. The van der Waals surface area contributed by atoms with Gasteiger partial charge in [-0.3, -0.25) is 4.68 Å². The molecule has 11 heavy (non-hydrogen) atoms. The van der Waals surface area contributed by atoms with Gasteiger partial charge in [0.05, 0.1) is 0 Å². The van der Waals surface area contributed by atoms with Gasteiger partial charge >= 0.3 is 0 Å². The molecule has 0 radical (unpaired) electrons. The summed E-state index contributed by atoms with van der Waals surface area (Å²) in [5, 5.41) is 4.27. The highest BCUT2D eigenvalue weighted by Gasteiger charge is 2.06. The highest BCUT2D eigenvalue weighted by atomic mass is 35.5. The van der Waals surface area contributed by atoms with Crippen molar-refractivity contribution in [3.8, 4) is 0 Å². The zero-order valence-electron chi connectivity index (χ0n) is 7.00. The SMILES string of the molecule is CC(C)Cc1nc(Cl)nn1C. The summed E-state index contributed by atoms with van der Waals surface area (Å²) >= 11 is 5.61. The predicted molar refractivity (Wildman–Crippen MR) is 44.6 cm³/mol. The molecular formula is C7H12ClN3. The molecule has 0 aliphatic carbocycles. The van der Waals surface area contributed by atoms with Crippen LogP contribution in [-0.4, -0.2) is 14.8 Å². The molecule has 0 unspecified atom stereocenters. The fourth-order valence-electron chi connectivity index (χ4n) is 0.926. The van der Waals surface area contributed by atoms with Crippen LogP contribution in [0.2, 0.25) is 5.28 Å². The van der Waals surface area contributed by atoms with Gasteiger partial charge in [0, 0.05) is 13.5 Å². The lowest BCUT2D eigenvalue weighted by atomic mass is 10.1. The van der Waals surface area contributed by atoms with Gasteiger partial charge in [-0.05, 0) is 17.5 Å². The summed E-state index contributed by atoms with van der Waals surface area (Å²) in [6, 6.07) is 0. The fraction of sp³-hybridized carbons (Fsp3) is 0.714. The normalized spacial score (nSPS) is 11.0. The van der Waals surface area contributed by atoms with Gasteiger partial charge in [0.1, 0.15) is 5.82 Å². The first-order chi connectivity index (χ1) is 5.09. The van der Waals surface area contributed by atoms with E-state index in [1.165, 1.54) is 0 Å². The maximum Gasteiger partial charge on any atom is 0.242 e. The van der Waals surface area contributed by atoms with E-state index in [9.17, 15) is 0 Å². The average molecular weight is 174 g/mol. The Morgan fingerprint density at radius 1 is 1.55 bits per heavy atom. The minimum atomic E-state index is 0.336. The van der Waals surface area contributed by atoms with Crippen LogP contribution in [0.3, 0.4) is 0 Å². The number of aryl methyl sites for hydroxylation is 1. The standard InChI is InChI=1S/C7H12ClN3/c1-5(2)4-6-9-7(8)10-11(6)3/h5H,4H2,1-3H3. The lowest BCUT2D eigenvalue weighted by Crippen LogP contribution is -2.03. The van der Waals surface area contributed by atoms with Crippen molar-refractivity contribution in [3.05, 3.63) is 11.1 Å². The second-order valence-electron chi connectivity index (χ2n) is 3.02. The third-order valence-electron chi connectivity index (χ3n) is 1.42. The van der Waals surface area contributed by atoms with Crippen LogP contribution >= 0.6 is 11.6 Å². The van der Waals surface area contributed by atoms with Crippen molar-refractivity contribution < 1.29 is 0 Å². The van der Waals surface area contributed by atoms with Gasteiger partial charge in [-0.25, -0.2) is 4.98 Å². The topological polar surface area (TPSA) is 30.7 Å². The molecule has 1 rings (SSSR count). The second kappa shape index (κ2) is 3.22. The van der Waals surface area contributed by atoms with Crippen LogP contribution in [0.25, 0.3) is 0 Å². The number of aromatic nitrogens is 3. The van der Waals surface area contributed by atoms with Crippen LogP contribution in [0.15, 0.2) is 0 Å². The average Bonchev–Trinajstić information content (AvgIpc) is 2.09. The predicted octanol–water partition coefficient (Wildman–Crippen LogP) is 1.67. The summed E-state index contributed by atoms with van der Waals surface area (Å²) in [5.41, 5.74) is 0. The molecule has 0 spiro atoms. The Morgan fingerprint density at radius 2 is 2.18 bits per heavy atom. The smallest absolute Gasteiger partial charge is 0.242 e. The Morgan fingerprint density at radius 3 is 2.55 bits per heavy atom. The molecule has 3 nitrogen and oxygen atoms in total. The number of halogens is 1. The minimum Gasteiger partial charge on any atom is -0.252 e. The molecule has 0 aliphatic rings. The van der Waals surface area contributed by atoms with Crippen LogP contribution in [-0.2, 0) is 13.5 Å². The molecule has 1 aromatic rings. The molecular weight excluding hydrogens is 162 g/mol. The molecule has 0 atom stereocenters. The maximum atomic E-state index is 5.61. The van der Waals surface area contributed by atoms with Crippen LogP contribution in [0.1, 0.15) is 19.7 Å². The van der Waals surface area contributed by atoms with Gasteiger partial charge in [0.25, 0.3) is 0 Å². The summed E-state index contributed by atoms with van der Waals surface area (Å²) in [6.07, 6.45) is 0.927. The molecule has 1 heterocycles. The Hall–Kier alpha value is -0.570. The zero-order chi connectivity index (χ0) is 8.43. The van der Waals surface area contributed by atoms with Crippen molar-refractivity contribution in [1.82, 2.24) is 14.8 Å². The van der Waals surface area contributed by atoms with Gasteiger partial charge in [-0.15, -0.1) is 5.10 Å². The Bertz CT molecular complexity index is 242. The minimum absolute atomic E-state index is 0.336. The van der Waals surface area contributed by atoms with E-state index < -0.39 is 0 Å². The second-order valence-corrected chi connectivity index (χ2v) is 3.36. The quantitative estimate of drug-likeness (QED) is 0.681. The van der Waals surface area contributed by atoms with E-state index in [0.717, 1.165) is 12.2 Å². The Labute approximate surface area is 71.4 Å². The summed E-state index contributed by atoms with van der Waals surface area (Å²) in [6.45, 7) is 4.28. The number of hydrogen-bond donors (Lipinski definition) is 0. The van der Waals surface area contributed by atoms with Crippen molar-refractivity contribution in [1.29, 1.82) is 0 Å². The third-order valence-corrected chi connectivity index (χ3v) is 1.58. The highest BCUT2D eigenvalue weighted by Crippen LogP contribution is 2.07. The van der Waals surface area contributed by atoms with E-state index in [-0.39, 0.29) is 0 Å². The summed E-state index contributed by atoms with van der Waals surface area (Å²) in [4.78, 5) is 4.07. The molecule has 0 bridgehead atoms. The van der Waals surface area contributed by atoms with Crippen LogP contribution in [0, 0.1) is 5.92 Å². The van der Waals surface area contributed by atoms with Crippen LogP contribution < -0.4 is 0 Å². The lowest BCUT2D eigenvalue weighted by Gasteiger charge is -2.01. The summed E-state index contributed by atoms with van der Waals surface area (Å²) in [5.74, 6) is 1.54. The van der Waals surface area contributed by atoms with E-state index in [2.05, 4.69) is 23.9 Å². The first kappa shape index (κ1) is 8.53. The number of rotatable bonds is 2. The molecule has 0 aliphatic heterocycles. The van der Waals surface area contributed by atoms with E-state index in [4.69, 9.17) is 11.6 Å². The molecule has 1 aromatic heterocycles. The first-order valence-electron chi connectivity index (χ1n) is 3.65. The van der Waals surface area contributed by atoms with Gasteiger partial charge < -0.3 is 0 Å². The van der Waals surface area contributed by atoms with Crippen molar-refractivity contribution in [2.45, 2.75) is 20.3 Å². The largest absolute Gasteiger partial charge is 0.252 e. The van der Waals surface area contributed by atoms with E-state index in [1.807, 2.05) is 7.05 Å². The third kappa shape index (κ3) is 2.19. The van der Waals surface area contributed by atoms with Crippen molar-refractivity contribution in [2.24, 2.45) is 13.0 Å². The number of hydrogen-bond acceptors (Lipinski definition) is 2. The molecule has 0 N–H and O–H groups in total. The molecule has 0 saturated carbocycles. The van der Waals surface area contributed by atoms with E-state index in [0.29, 0.717) is 11.2 Å². The summed E-state index contributed by atoms with van der Waals surface area (Å²) in [7, 11) is 1.86. The van der Waals surface area contributed by atoms with Gasteiger partial charge in [0.15, 0.2) is 0 Å². The molecule has 0 amide bonds. The lowest BCUT2D eigenvalue weighted by molar-refractivity contribution is 0.584. The van der Waals surface area contributed by atoms with Crippen LogP contribution in [0.5, 0.6) is 0 Å². The fourth-order valence-corrected chi connectivity index (χ4v) is 1.14. The highest BCUT2D eigenvalue weighted by molar-refractivity contribution is 6.28. The molecule has 62 valence electrons. The summed E-state index contributed by atoms with van der Waals surface area (Å²) < 4.78 is 1.72. The number of nitrogens with zero attached hydrogens (tertiary/aromatic N) is 3. The Kier molecular flexibility index (Phi) is 2.49. The van der Waals surface area contributed by atoms with E-state index in [1.54, 1.807) is 4.68 Å². The van der Waals surface area contributed by atoms with Crippen molar-refractivity contribution in [2.75, 3.05) is 0 Å². The van der Waals surface area contributed by atoms with Gasteiger partial charge in [-0.1, -0.05) is 13.8 Å². The molecule has 0 fully saturated rings.